The zero-order chi connectivity index (χ0) is 12.7. The van der Waals surface area contributed by atoms with E-state index in [-0.39, 0.29) is 23.9 Å². The van der Waals surface area contributed by atoms with E-state index in [9.17, 15) is 14.7 Å². The number of fused-ring (bicyclic) bond motifs is 2. The average molecular weight is 252 g/mol. The number of hydrogen-bond donors (Lipinski definition) is 2. The first-order chi connectivity index (χ1) is 8.66. The largest absolute Gasteiger partial charge is 0.481 e. The highest BCUT2D eigenvalue weighted by Crippen LogP contribution is 2.44. The first-order valence-corrected chi connectivity index (χ1v) is 6.94. The number of hydrogen-bond acceptors (Lipinski definition) is 3. The number of amides is 1. The van der Waals surface area contributed by atoms with Crippen LogP contribution < -0.4 is 5.32 Å². The molecule has 3 saturated heterocycles. The number of carbonyl (C=O) groups excluding carboxylic acids is 1. The van der Waals surface area contributed by atoms with Crippen LogP contribution in [0.5, 0.6) is 0 Å². The number of rotatable bonds is 2. The molecule has 0 aliphatic carbocycles. The minimum Gasteiger partial charge on any atom is -0.481 e. The SMILES string of the molecule is O=C1CC(N2C3CCC2C(C(=O)O)C3)CCCN1. The molecule has 18 heavy (non-hydrogen) atoms. The van der Waals surface area contributed by atoms with E-state index in [1.165, 1.54) is 0 Å². The summed E-state index contributed by atoms with van der Waals surface area (Å²) in [5.74, 6) is -0.754. The maximum absolute atomic E-state index is 11.6. The van der Waals surface area contributed by atoms with Gasteiger partial charge in [-0.15, -0.1) is 0 Å². The topological polar surface area (TPSA) is 69.6 Å². The third kappa shape index (κ3) is 1.90. The lowest BCUT2D eigenvalue weighted by Gasteiger charge is -2.31. The van der Waals surface area contributed by atoms with E-state index < -0.39 is 5.97 Å². The molecule has 5 nitrogen and oxygen atoms in total. The summed E-state index contributed by atoms with van der Waals surface area (Å²) in [6.07, 6.45) is 5.42. The highest BCUT2D eigenvalue weighted by molar-refractivity contribution is 5.77. The summed E-state index contributed by atoms with van der Waals surface area (Å²) in [5.41, 5.74) is 0. The number of nitrogens with one attached hydrogen (secondary N) is 1. The molecule has 3 rings (SSSR count). The Labute approximate surface area is 107 Å². The van der Waals surface area contributed by atoms with Crippen molar-refractivity contribution in [1.82, 2.24) is 10.2 Å². The number of aliphatic carboxylic acids is 1. The predicted octanol–water partition coefficient (Wildman–Crippen LogP) is 0.593. The van der Waals surface area contributed by atoms with E-state index in [4.69, 9.17) is 0 Å². The van der Waals surface area contributed by atoms with Crippen molar-refractivity contribution < 1.29 is 14.7 Å². The Balaban J connectivity index is 1.76. The van der Waals surface area contributed by atoms with E-state index in [0.29, 0.717) is 12.5 Å². The quantitative estimate of drug-likeness (QED) is 0.755. The summed E-state index contributed by atoms with van der Waals surface area (Å²) in [6.45, 7) is 0.765. The van der Waals surface area contributed by atoms with Crippen LogP contribution in [0, 0.1) is 5.92 Å². The van der Waals surface area contributed by atoms with Crippen LogP contribution in [0.4, 0.5) is 0 Å². The van der Waals surface area contributed by atoms with Gasteiger partial charge >= 0.3 is 5.97 Å². The van der Waals surface area contributed by atoms with Crippen molar-refractivity contribution in [2.24, 2.45) is 5.92 Å². The second-order valence-electron chi connectivity index (χ2n) is 5.78. The van der Waals surface area contributed by atoms with Crippen LogP contribution in [-0.2, 0) is 9.59 Å². The summed E-state index contributed by atoms with van der Waals surface area (Å²) in [7, 11) is 0. The van der Waals surface area contributed by atoms with Crippen LogP contribution in [0.2, 0.25) is 0 Å². The molecular formula is C13H20N2O3. The molecule has 0 spiro atoms. The van der Waals surface area contributed by atoms with Crippen molar-refractivity contribution in [3.63, 3.8) is 0 Å². The molecule has 0 radical (unpaired) electrons. The summed E-state index contributed by atoms with van der Waals surface area (Å²) in [5, 5.41) is 12.2. The van der Waals surface area contributed by atoms with Crippen LogP contribution in [0.3, 0.4) is 0 Å². The Morgan fingerprint density at radius 1 is 1.28 bits per heavy atom. The highest BCUT2D eigenvalue weighted by Gasteiger charge is 2.51. The zero-order valence-electron chi connectivity index (χ0n) is 10.5. The smallest absolute Gasteiger partial charge is 0.308 e. The second kappa shape index (κ2) is 4.53. The minimum atomic E-state index is -0.662. The summed E-state index contributed by atoms with van der Waals surface area (Å²) < 4.78 is 0. The third-order valence-corrected chi connectivity index (χ3v) is 4.79. The lowest BCUT2D eigenvalue weighted by molar-refractivity contribution is -0.142. The fourth-order valence-corrected chi connectivity index (χ4v) is 4.07. The molecule has 4 atom stereocenters. The van der Waals surface area contributed by atoms with E-state index in [0.717, 1.165) is 38.6 Å². The van der Waals surface area contributed by atoms with E-state index in [1.807, 2.05) is 0 Å². The molecule has 0 aromatic rings. The lowest BCUT2D eigenvalue weighted by atomic mass is 9.89. The monoisotopic (exact) mass is 252 g/mol. The Kier molecular flexibility index (Phi) is 3.01. The van der Waals surface area contributed by atoms with Crippen molar-refractivity contribution >= 4 is 11.9 Å². The van der Waals surface area contributed by atoms with Crippen LogP contribution in [0.1, 0.15) is 38.5 Å². The van der Waals surface area contributed by atoms with Gasteiger partial charge in [-0.25, -0.2) is 0 Å². The normalized spacial score (nSPS) is 40.6. The van der Waals surface area contributed by atoms with Crippen LogP contribution in [0.25, 0.3) is 0 Å². The molecule has 1 amide bonds. The van der Waals surface area contributed by atoms with Crippen LogP contribution in [0.15, 0.2) is 0 Å². The van der Waals surface area contributed by atoms with Crippen LogP contribution in [-0.4, -0.2) is 46.6 Å². The molecule has 3 heterocycles. The highest BCUT2D eigenvalue weighted by atomic mass is 16.4. The van der Waals surface area contributed by atoms with Gasteiger partial charge in [0.2, 0.25) is 5.91 Å². The number of nitrogens with zero attached hydrogens (tertiary/aromatic N) is 1. The minimum absolute atomic E-state index is 0.121. The molecular weight excluding hydrogens is 232 g/mol. The lowest BCUT2D eigenvalue weighted by Crippen LogP contribution is -2.42. The number of carboxylic acids is 1. The molecule has 2 bridgehead atoms. The van der Waals surface area contributed by atoms with Gasteiger partial charge in [-0.2, -0.15) is 0 Å². The third-order valence-electron chi connectivity index (χ3n) is 4.79. The van der Waals surface area contributed by atoms with Gasteiger partial charge in [-0.3, -0.25) is 14.5 Å². The van der Waals surface area contributed by atoms with Crippen molar-refractivity contribution in [3.8, 4) is 0 Å². The van der Waals surface area contributed by atoms with Gasteiger partial charge < -0.3 is 10.4 Å². The van der Waals surface area contributed by atoms with Gasteiger partial charge in [0, 0.05) is 31.1 Å². The van der Waals surface area contributed by atoms with Crippen molar-refractivity contribution in [2.45, 2.75) is 56.7 Å². The Bertz CT molecular complexity index is 371. The zero-order valence-corrected chi connectivity index (χ0v) is 10.5. The van der Waals surface area contributed by atoms with Crippen molar-refractivity contribution in [3.05, 3.63) is 0 Å². The van der Waals surface area contributed by atoms with Gasteiger partial charge in [0.25, 0.3) is 0 Å². The summed E-state index contributed by atoms with van der Waals surface area (Å²) in [4.78, 5) is 25.3. The molecule has 0 saturated carbocycles. The predicted molar refractivity (Wildman–Crippen MR) is 65.0 cm³/mol. The molecule has 3 fully saturated rings. The summed E-state index contributed by atoms with van der Waals surface area (Å²) >= 11 is 0. The molecule has 100 valence electrons. The first kappa shape index (κ1) is 12.0. The maximum atomic E-state index is 11.6. The Hall–Kier alpha value is -1.10. The van der Waals surface area contributed by atoms with Gasteiger partial charge in [-0.05, 0) is 32.1 Å². The number of carboxylic acid groups (broad SMARTS) is 1. The Morgan fingerprint density at radius 3 is 2.83 bits per heavy atom. The first-order valence-electron chi connectivity index (χ1n) is 6.94. The van der Waals surface area contributed by atoms with E-state index in [1.54, 1.807) is 0 Å². The number of carbonyl (C=O) groups is 2. The maximum Gasteiger partial charge on any atom is 0.308 e. The molecule has 3 aliphatic heterocycles. The summed E-state index contributed by atoms with van der Waals surface area (Å²) in [6, 6.07) is 0.824. The molecule has 0 aromatic carbocycles. The van der Waals surface area contributed by atoms with E-state index >= 15 is 0 Å². The van der Waals surface area contributed by atoms with Gasteiger partial charge in [0.05, 0.1) is 5.92 Å². The molecule has 4 unspecified atom stereocenters. The van der Waals surface area contributed by atoms with Gasteiger partial charge in [-0.1, -0.05) is 0 Å². The average Bonchev–Trinajstić information content (AvgIpc) is 2.83. The van der Waals surface area contributed by atoms with Crippen LogP contribution >= 0.6 is 0 Å². The second-order valence-corrected chi connectivity index (χ2v) is 5.78. The Morgan fingerprint density at radius 2 is 2.11 bits per heavy atom. The standard InChI is InChI=1S/C13H20N2O3/c16-12-7-8(2-1-5-14-12)15-9-3-4-11(15)10(6-9)13(17)18/h8-11H,1-7H2,(H,14,16)(H,17,18). The van der Waals surface area contributed by atoms with Gasteiger partial charge in [0.1, 0.15) is 0 Å². The fraction of sp³-hybridized carbons (Fsp3) is 0.846. The molecule has 0 aromatic heterocycles. The van der Waals surface area contributed by atoms with Crippen molar-refractivity contribution in [2.75, 3.05) is 6.54 Å². The molecule has 2 N–H and O–H groups in total. The van der Waals surface area contributed by atoms with E-state index in [2.05, 4.69) is 10.2 Å². The molecule has 5 heteroatoms. The van der Waals surface area contributed by atoms with Crippen molar-refractivity contribution in [1.29, 1.82) is 0 Å². The fourth-order valence-electron chi connectivity index (χ4n) is 4.07. The van der Waals surface area contributed by atoms with Gasteiger partial charge in [0.15, 0.2) is 0 Å². The molecule has 3 aliphatic rings.